The summed E-state index contributed by atoms with van der Waals surface area (Å²) in [5.41, 5.74) is 5.33. The lowest BCUT2D eigenvalue weighted by Gasteiger charge is -2.38. The molecule has 1 atom stereocenters. The van der Waals surface area contributed by atoms with Crippen LogP contribution < -0.4 is 0 Å². The first-order valence-corrected chi connectivity index (χ1v) is 10.6. The van der Waals surface area contributed by atoms with E-state index in [4.69, 9.17) is 0 Å². The van der Waals surface area contributed by atoms with Gasteiger partial charge in [0.2, 0.25) is 0 Å². The lowest BCUT2D eigenvalue weighted by Crippen LogP contribution is -2.27. The highest BCUT2D eigenvalue weighted by Crippen LogP contribution is 2.43. The minimum Gasteiger partial charge on any atom is -0.290 e. The van der Waals surface area contributed by atoms with Crippen LogP contribution in [0, 0.1) is 11.3 Å². The molecule has 0 N–H and O–H groups in total. The first-order valence-electron chi connectivity index (χ1n) is 10.6. The van der Waals surface area contributed by atoms with Crippen LogP contribution in [0.4, 0.5) is 0 Å². The van der Waals surface area contributed by atoms with Gasteiger partial charge in [-0.05, 0) is 95.3 Å². The standard InChI is InChI=1S/C26H36O2/c1-19(11-13-22-18-23(27)14-16-25(22)28)8-6-9-20(2)12-15-24-21(3)10-7-17-26(24,4)5/h9-11,14,16,18,24H,6-8,12-13,15,17H2,1-5H3. The molecule has 2 heteroatoms. The molecule has 2 nitrogen and oxygen atoms in total. The second kappa shape index (κ2) is 10.0. The molecule has 0 aliphatic heterocycles. The Morgan fingerprint density at radius 3 is 2.54 bits per heavy atom. The maximum atomic E-state index is 11.8. The maximum absolute atomic E-state index is 11.8. The molecular formula is C26H36O2. The second-order valence-electron chi connectivity index (χ2n) is 9.18. The zero-order valence-electron chi connectivity index (χ0n) is 18.3. The third-order valence-electron chi connectivity index (χ3n) is 6.31. The van der Waals surface area contributed by atoms with Gasteiger partial charge in [0.05, 0.1) is 0 Å². The molecule has 0 saturated carbocycles. The van der Waals surface area contributed by atoms with Crippen LogP contribution in [0.1, 0.15) is 79.6 Å². The number of hydrogen-bond acceptors (Lipinski definition) is 2. The minimum absolute atomic E-state index is 0.0469. The molecule has 0 aromatic heterocycles. The van der Waals surface area contributed by atoms with E-state index >= 15 is 0 Å². The molecule has 1 unspecified atom stereocenters. The number of allylic oxidation sites excluding steroid dienone is 10. The Kier molecular flexibility index (Phi) is 7.98. The van der Waals surface area contributed by atoms with Crippen molar-refractivity contribution in [2.75, 3.05) is 0 Å². The third-order valence-corrected chi connectivity index (χ3v) is 6.31. The summed E-state index contributed by atoms with van der Waals surface area (Å²) in [6.45, 7) is 11.5. The number of carbonyl (C=O) groups excluding carboxylic acids is 2. The molecule has 0 amide bonds. The van der Waals surface area contributed by atoms with Crippen LogP contribution in [-0.4, -0.2) is 11.6 Å². The molecular weight excluding hydrogens is 344 g/mol. The highest BCUT2D eigenvalue weighted by atomic mass is 16.1. The van der Waals surface area contributed by atoms with Crippen LogP contribution in [0.5, 0.6) is 0 Å². The Morgan fingerprint density at radius 1 is 1.11 bits per heavy atom. The lowest BCUT2D eigenvalue weighted by atomic mass is 9.67. The normalized spacial score (nSPS) is 23.0. The summed E-state index contributed by atoms with van der Waals surface area (Å²) in [6.07, 6.45) is 18.5. The van der Waals surface area contributed by atoms with E-state index < -0.39 is 0 Å². The van der Waals surface area contributed by atoms with Crippen LogP contribution in [0.2, 0.25) is 0 Å². The zero-order valence-corrected chi connectivity index (χ0v) is 18.3. The first kappa shape index (κ1) is 22.3. The Balaban J connectivity index is 1.78. The Morgan fingerprint density at radius 2 is 1.82 bits per heavy atom. The van der Waals surface area contributed by atoms with E-state index in [1.165, 1.54) is 48.6 Å². The fraction of sp³-hybridized carbons (Fsp3) is 0.538. The quantitative estimate of drug-likeness (QED) is 0.341. The van der Waals surface area contributed by atoms with Crippen LogP contribution in [-0.2, 0) is 9.59 Å². The number of ketones is 2. The number of rotatable bonds is 8. The minimum atomic E-state index is -0.0922. The van der Waals surface area contributed by atoms with Crippen molar-refractivity contribution in [1.82, 2.24) is 0 Å². The van der Waals surface area contributed by atoms with E-state index in [-0.39, 0.29) is 11.6 Å². The lowest BCUT2D eigenvalue weighted by molar-refractivity contribution is -0.114. The molecule has 0 aromatic carbocycles. The largest absolute Gasteiger partial charge is 0.290 e. The Hall–Kier alpha value is -1.96. The SMILES string of the molecule is CC(=CCC1=CC(=O)C=CC1=O)CCC=C(C)CCC1C(C)=CCCC1(C)C. The molecule has 2 rings (SSSR count). The highest BCUT2D eigenvalue weighted by molar-refractivity contribution is 6.17. The van der Waals surface area contributed by atoms with Crippen molar-refractivity contribution >= 4 is 11.6 Å². The fourth-order valence-electron chi connectivity index (χ4n) is 4.34. The van der Waals surface area contributed by atoms with Crippen molar-refractivity contribution in [1.29, 1.82) is 0 Å². The average molecular weight is 381 g/mol. The van der Waals surface area contributed by atoms with Gasteiger partial charge in [-0.3, -0.25) is 9.59 Å². The summed E-state index contributed by atoms with van der Waals surface area (Å²) < 4.78 is 0. The van der Waals surface area contributed by atoms with Crippen LogP contribution in [0.25, 0.3) is 0 Å². The van der Waals surface area contributed by atoms with Gasteiger partial charge in [-0.25, -0.2) is 0 Å². The molecule has 0 bridgehead atoms. The van der Waals surface area contributed by atoms with Gasteiger partial charge in [0.1, 0.15) is 0 Å². The summed E-state index contributed by atoms with van der Waals surface area (Å²) in [5.74, 6) is 0.559. The van der Waals surface area contributed by atoms with Crippen molar-refractivity contribution in [2.45, 2.75) is 79.6 Å². The van der Waals surface area contributed by atoms with Gasteiger partial charge in [0.15, 0.2) is 11.6 Å². The molecule has 0 aromatic rings. The smallest absolute Gasteiger partial charge is 0.182 e. The van der Waals surface area contributed by atoms with Gasteiger partial charge < -0.3 is 0 Å². The van der Waals surface area contributed by atoms with E-state index in [0.717, 1.165) is 19.3 Å². The fourth-order valence-corrected chi connectivity index (χ4v) is 4.34. The number of hydrogen-bond donors (Lipinski definition) is 0. The maximum Gasteiger partial charge on any atom is 0.182 e. The van der Waals surface area contributed by atoms with E-state index in [0.29, 0.717) is 23.3 Å². The van der Waals surface area contributed by atoms with Gasteiger partial charge in [-0.1, -0.05) is 48.8 Å². The van der Waals surface area contributed by atoms with E-state index in [1.807, 2.05) is 0 Å². The van der Waals surface area contributed by atoms with Crippen molar-refractivity contribution in [3.05, 3.63) is 58.7 Å². The second-order valence-corrected chi connectivity index (χ2v) is 9.18. The molecule has 152 valence electrons. The Bertz CT molecular complexity index is 753. The monoisotopic (exact) mass is 380 g/mol. The molecule has 0 spiro atoms. The van der Waals surface area contributed by atoms with Gasteiger partial charge in [-0.2, -0.15) is 0 Å². The highest BCUT2D eigenvalue weighted by Gasteiger charge is 2.32. The molecule has 28 heavy (non-hydrogen) atoms. The summed E-state index contributed by atoms with van der Waals surface area (Å²) in [7, 11) is 0. The topological polar surface area (TPSA) is 34.1 Å². The zero-order chi connectivity index (χ0) is 20.7. The van der Waals surface area contributed by atoms with E-state index in [9.17, 15) is 9.59 Å². The third kappa shape index (κ3) is 6.58. The van der Waals surface area contributed by atoms with Gasteiger partial charge in [0, 0.05) is 5.57 Å². The predicted molar refractivity (Wildman–Crippen MR) is 118 cm³/mol. The predicted octanol–water partition coefficient (Wildman–Crippen LogP) is 6.85. The molecule has 0 heterocycles. The van der Waals surface area contributed by atoms with Crippen LogP contribution >= 0.6 is 0 Å². The van der Waals surface area contributed by atoms with Crippen molar-refractivity contribution in [3.63, 3.8) is 0 Å². The van der Waals surface area contributed by atoms with Gasteiger partial charge >= 0.3 is 0 Å². The molecule has 2 aliphatic rings. The van der Waals surface area contributed by atoms with Gasteiger partial charge in [-0.15, -0.1) is 0 Å². The van der Waals surface area contributed by atoms with E-state index in [1.54, 1.807) is 5.57 Å². The number of carbonyl (C=O) groups is 2. The van der Waals surface area contributed by atoms with Crippen molar-refractivity contribution in [3.8, 4) is 0 Å². The summed E-state index contributed by atoms with van der Waals surface area (Å²) in [5, 5.41) is 0. The van der Waals surface area contributed by atoms with Crippen LogP contribution in [0.3, 0.4) is 0 Å². The van der Waals surface area contributed by atoms with Crippen molar-refractivity contribution in [2.24, 2.45) is 11.3 Å². The first-order chi connectivity index (χ1) is 13.2. The van der Waals surface area contributed by atoms with E-state index in [2.05, 4.69) is 52.8 Å². The van der Waals surface area contributed by atoms with Gasteiger partial charge in [0.25, 0.3) is 0 Å². The summed E-state index contributed by atoms with van der Waals surface area (Å²) >= 11 is 0. The Labute approximate surface area is 171 Å². The van der Waals surface area contributed by atoms with Crippen LogP contribution in [0.15, 0.2) is 58.7 Å². The average Bonchev–Trinajstić information content (AvgIpc) is 2.61. The molecule has 0 radical (unpaired) electrons. The molecule has 2 aliphatic carbocycles. The summed E-state index contributed by atoms with van der Waals surface area (Å²) in [6, 6.07) is 0. The molecule has 0 saturated heterocycles. The summed E-state index contributed by atoms with van der Waals surface area (Å²) in [4.78, 5) is 23.2. The molecule has 0 fully saturated rings. The van der Waals surface area contributed by atoms with Crippen molar-refractivity contribution < 1.29 is 9.59 Å².